The largest absolute Gasteiger partial charge is 0.339 e. The molecule has 64 valence electrons. The number of aromatic amines is 1. The average molecular weight is 167 g/mol. The Kier molecular flexibility index (Phi) is 1.17. The molecule has 0 bridgehead atoms. The number of aromatic nitrogens is 2. The summed E-state index contributed by atoms with van der Waals surface area (Å²) in [6.07, 6.45) is 1.44. The molecule has 1 aromatic heterocycles. The number of hydrogen-bond acceptors (Lipinski definition) is 4. The monoisotopic (exact) mass is 167 g/mol. The van der Waals surface area contributed by atoms with E-state index in [0.717, 1.165) is 0 Å². The predicted molar refractivity (Wildman–Crippen MR) is 42.3 cm³/mol. The van der Waals surface area contributed by atoms with Gasteiger partial charge in [0.15, 0.2) is 11.6 Å². The van der Waals surface area contributed by atoms with Crippen molar-refractivity contribution in [3.63, 3.8) is 0 Å². The number of carbonyl (C=O) groups excluding carboxylic acids is 1. The highest BCUT2D eigenvalue weighted by atomic mass is 16.2. The second-order valence-electron chi connectivity index (χ2n) is 2.91. The van der Waals surface area contributed by atoms with Crippen molar-refractivity contribution in [3.05, 3.63) is 12.0 Å². The van der Waals surface area contributed by atoms with Gasteiger partial charge in [-0.25, -0.2) is 4.98 Å². The van der Waals surface area contributed by atoms with E-state index in [0.29, 0.717) is 11.5 Å². The third-order valence-electron chi connectivity index (χ3n) is 1.62. The molecule has 0 aliphatic carbocycles. The van der Waals surface area contributed by atoms with Gasteiger partial charge >= 0.3 is 0 Å². The number of nitrogens with zero attached hydrogens (tertiary/aromatic N) is 1. The van der Waals surface area contributed by atoms with Gasteiger partial charge in [-0.2, -0.15) is 0 Å². The highest BCUT2D eigenvalue weighted by Gasteiger charge is 2.31. The van der Waals surface area contributed by atoms with Crippen LogP contribution in [0, 0.1) is 0 Å². The van der Waals surface area contributed by atoms with Crippen molar-refractivity contribution in [3.8, 4) is 0 Å². The molecule has 1 aliphatic rings. The fourth-order valence-corrected chi connectivity index (χ4v) is 1.14. The van der Waals surface area contributed by atoms with Crippen molar-refractivity contribution >= 4 is 11.7 Å². The summed E-state index contributed by atoms with van der Waals surface area (Å²) in [5, 5.41) is 5.40. The van der Waals surface area contributed by atoms with Gasteiger partial charge in [0.2, 0.25) is 0 Å². The summed E-state index contributed by atoms with van der Waals surface area (Å²) < 4.78 is 0. The van der Waals surface area contributed by atoms with E-state index in [9.17, 15) is 4.79 Å². The second-order valence-corrected chi connectivity index (χ2v) is 2.91. The molecule has 1 amide bonds. The topological polar surface area (TPSA) is 95.8 Å². The zero-order valence-electron chi connectivity index (χ0n) is 6.51. The first-order chi connectivity index (χ1) is 5.58. The molecule has 2 heterocycles. The molecule has 0 unspecified atom stereocenters. The molecule has 0 aromatic carbocycles. The van der Waals surface area contributed by atoms with Crippen LogP contribution in [0.2, 0.25) is 0 Å². The summed E-state index contributed by atoms with van der Waals surface area (Å²) in [5.41, 5.74) is 6.06. The lowest BCUT2D eigenvalue weighted by atomic mass is 10.2. The Balaban J connectivity index is 2.45. The van der Waals surface area contributed by atoms with Gasteiger partial charge in [-0.05, 0) is 6.92 Å². The smallest absolute Gasteiger partial charge is 0.274 e. The zero-order chi connectivity index (χ0) is 8.77. The Morgan fingerprint density at radius 2 is 2.33 bits per heavy atom. The molecule has 1 aliphatic heterocycles. The maximum Gasteiger partial charge on any atom is 0.274 e. The minimum absolute atomic E-state index is 0.244. The number of anilines is 1. The van der Waals surface area contributed by atoms with E-state index in [2.05, 4.69) is 20.6 Å². The molecule has 5 N–H and O–H groups in total. The summed E-state index contributed by atoms with van der Waals surface area (Å²) >= 11 is 0. The standard InChI is InChI=1S/C6H9N5O/c1-6(7)10-4-3(5(12)11-6)8-2-9-4/h2,10H,7H2,1H3,(H,8,9)(H,11,12)/t6-/m1/s1. The Hall–Kier alpha value is -1.56. The number of fused-ring (bicyclic) bond motifs is 1. The molecule has 1 aromatic rings. The molecule has 0 spiro atoms. The molecule has 12 heavy (non-hydrogen) atoms. The minimum atomic E-state index is -0.917. The van der Waals surface area contributed by atoms with Crippen molar-refractivity contribution in [1.82, 2.24) is 15.3 Å². The Morgan fingerprint density at radius 1 is 1.58 bits per heavy atom. The lowest BCUT2D eigenvalue weighted by Gasteiger charge is -2.31. The van der Waals surface area contributed by atoms with Crippen molar-refractivity contribution < 1.29 is 4.79 Å². The lowest BCUT2D eigenvalue weighted by molar-refractivity contribution is 0.0905. The predicted octanol–water partition coefficient (Wildman–Crippen LogP) is -0.803. The SMILES string of the molecule is C[C@]1(N)NC(=O)c2[nH]cnc2N1. The van der Waals surface area contributed by atoms with Crippen molar-refractivity contribution in [2.45, 2.75) is 12.7 Å². The summed E-state index contributed by atoms with van der Waals surface area (Å²) in [6.45, 7) is 1.66. The Bertz CT molecular complexity index is 328. The average Bonchev–Trinajstić information content (AvgIpc) is 2.31. The molecule has 0 fully saturated rings. The van der Waals surface area contributed by atoms with Crippen LogP contribution in [0.5, 0.6) is 0 Å². The van der Waals surface area contributed by atoms with Crippen LogP contribution in [0.3, 0.4) is 0 Å². The van der Waals surface area contributed by atoms with Crippen molar-refractivity contribution in [1.29, 1.82) is 0 Å². The van der Waals surface area contributed by atoms with Gasteiger partial charge in [-0.3, -0.25) is 10.5 Å². The molecule has 0 radical (unpaired) electrons. The van der Waals surface area contributed by atoms with Gasteiger partial charge in [-0.15, -0.1) is 0 Å². The van der Waals surface area contributed by atoms with Gasteiger partial charge in [-0.1, -0.05) is 0 Å². The molecular weight excluding hydrogens is 158 g/mol. The van der Waals surface area contributed by atoms with Gasteiger partial charge in [0.05, 0.1) is 6.33 Å². The lowest BCUT2D eigenvalue weighted by Crippen LogP contribution is -2.61. The second kappa shape index (κ2) is 1.98. The fourth-order valence-electron chi connectivity index (χ4n) is 1.14. The Morgan fingerprint density at radius 3 is 3.08 bits per heavy atom. The number of nitrogens with two attached hydrogens (primary N) is 1. The summed E-state index contributed by atoms with van der Waals surface area (Å²) in [7, 11) is 0. The maximum atomic E-state index is 11.3. The summed E-state index contributed by atoms with van der Waals surface area (Å²) in [5.74, 6) is -0.672. The first-order valence-corrected chi connectivity index (χ1v) is 3.51. The van der Waals surface area contributed by atoms with Crippen LogP contribution >= 0.6 is 0 Å². The van der Waals surface area contributed by atoms with Gasteiger partial charge in [0.25, 0.3) is 5.91 Å². The number of nitrogens with one attached hydrogen (secondary N) is 3. The molecular formula is C6H9N5O. The number of hydrogen-bond donors (Lipinski definition) is 4. The molecule has 6 nitrogen and oxygen atoms in total. The van der Waals surface area contributed by atoms with Crippen molar-refractivity contribution in [2.24, 2.45) is 5.73 Å². The van der Waals surface area contributed by atoms with Crippen LogP contribution in [0.25, 0.3) is 0 Å². The van der Waals surface area contributed by atoms with E-state index >= 15 is 0 Å². The van der Waals surface area contributed by atoms with Gasteiger partial charge < -0.3 is 15.6 Å². The molecule has 1 atom stereocenters. The van der Waals surface area contributed by atoms with Gasteiger partial charge in [0.1, 0.15) is 5.69 Å². The summed E-state index contributed by atoms with van der Waals surface area (Å²) in [6, 6.07) is 0. The van der Waals surface area contributed by atoms with Crippen LogP contribution in [0.15, 0.2) is 6.33 Å². The summed E-state index contributed by atoms with van der Waals surface area (Å²) in [4.78, 5) is 17.9. The highest BCUT2D eigenvalue weighted by molar-refractivity contribution is 5.99. The van der Waals surface area contributed by atoms with E-state index in [4.69, 9.17) is 5.73 Å². The third-order valence-corrected chi connectivity index (χ3v) is 1.62. The van der Waals surface area contributed by atoms with Crippen LogP contribution in [0.1, 0.15) is 17.4 Å². The van der Waals surface area contributed by atoms with E-state index in [-0.39, 0.29) is 5.91 Å². The molecule has 0 saturated heterocycles. The number of carbonyl (C=O) groups is 1. The van der Waals surface area contributed by atoms with E-state index < -0.39 is 5.79 Å². The number of H-pyrrole nitrogens is 1. The van der Waals surface area contributed by atoms with Crippen LogP contribution in [-0.2, 0) is 0 Å². The van der Waals surface area contributed by atoms with E-state index in [1.165, 1.54) is 6.33 Å². The minimum Gasteiger partial charge on any atom is -0.339 e. The zero-order valence-corrected chi connectivity index (χ0v) is 6.51. The number of amides is 1. The first kappa shape index (κ1) is 7.11. The van der Waals surface area contributed by atoms with Crippen LogP contribution < -0.4 is 16.4 Å². The third kappa shape index (κ3) is 0.928. The normalized spacial score (nSPS) is 27.3. The van der Waals surface area contributed by atoms with Gasteiger partial charge in [0, 0.05) is 0 Å². The number of rotatable bonds is 0. The van der Waals surface area contributed by atoms with Crippen molar-refractivity contribution in [2.75, 3.05) is 5.32 Å². The quantitative estimate of drug-likeness (QED) is 0.406. The van der Waals surface area contributed by atoms with E-state index in [1.54, 1.807) is 6.92 Å². The highest BCUT2D eigenvalue weighted by Crippen LogP contribution is 2.17. The fraction of sp³-hybridized carbons (Fsp3) is 0.333. The van der Waals surface area contributed by atoms with E-state index in [1.807, 2.05) is 0 Å². The maximum absolute atomic E-state index is 11.3. The molecule has 2 rings (SSSR count). The molecule has 0 saturated carbocycles. The van der Waals surface area contributed by atoms with Crippen LogP contribution in [0.4, 0.5) is 5.82 Å². The Labute approximate surface area is 68.6 Å². The number of imidazole rings is 1. The first-order valence-electron chi connectivity index (χ1n) is 3.51. The molecule has 6 heteroatoms. The van der Waals surface area contributed by atoms with Crippen LogP contribution in [-0.4, -0.2) is 21.7 Å².